The highest BCUT2D eigenvalue weighted by molar-refractivity contribution is 5.92. The molecule has 8 heteroatoms. The van der Waals surface area contributed by atoms with E-state index in [4.69, 9.17) is 4.74 Å². The molecular formula is C13H15F3N2O3. The lowest BCUT2D eigenvalue weighted by Gasteiger charge is -2.25. The van der Waals surface area contributed by atoms with Gasteiger partial charge in [0.15, 0.2) is 0 Å². The van der Waals surface area contributed by atoms with Gasteiger partial charge in [-0.15, -0.1) is 13.2 Å². The van der Waals surface area contributed by atoms with E-state index in [0.29, 0.717) is 26.3 Å². The Morgan fingerprint density at radius 3 is 2.71 bits per heavy atom. The van der Waals surface area contributed by atoms with E-state index < -0.39 is 6.36 Å². The number of carbonyl (C=O) groups is 1. The van der Waals surface area contributed by atoms with Gasteiger partial charge in [-0.3, -0.25) is 9.69 Å². The molecule has 1 amide bonds. The first-order chi connectivity index (χ1) is 9.92. The molecule has 1 aromatic carbocycles. The molecule has 1 heterocycles. The van der Waals surface area contributed by atoms with E-state index in [1.807, 2.05) is 4.90 Å². The number of nitrogens with zero attached hydrogens (tertiary/aromatic N) is 1. The average molecular weight is 304 g/mol. The highest BCUT2D eigenvalue weighted by atomic mass is 19.4. The minimum Gasteiger partial charge on any atom is -0.406 e. The number of nitrogens with one attached hydrogen (secondary N) is 1. The summed E-state index contributed by atoms with van der Waals surface area (Å²) < 4.78 is 45.3. The van der Waals surface area contributed by atoms with Crippen molar-refractivity contribution < 1.29 is 27.4 Å². The van der Waals surface area contributed by atoms with Crippen LogP contribution in [0.5, 0.6) is 5.75 Å². The Balaban J connectivity index is 1.89. The van der Waals surface area contributed by atoms with Gasteiger partial charge in [-0.25, -0.2) is 0 Å². The van der Waals surface area contributed by atoms with Gasteiger partial charge in [0.2, 0.25) is 5.91 Å². The van der Waals surface area contributed by atoms with Gasteiger partial charge >= 0.3 is 6.36 Å². The summed E-state index contributed by atoms with van der Waals surface area (Å²) in [5.74, 6) is -0.660. The van der Waals surface area contributed by atoms with Gasteiger partial charge in [0.25, 0.3) is 0 Å². The van der Waals surface area contributed by atoms with Crippen molar-refractivity contribution in [1.82, 2.24) is 4.90 Å². The molecule has 0 spiro atoms. The van der Waals surface area contributed by atoms with E-state index in [2.05, 4.69) is 10.1 Å². The van der Waals surface area contributed by atoms with E-state index in [1.54, 1.807) is 0 Å². The van der Waals surface area contributed by atoms with Crippen LogP contribution in [0.1, 0.15) is 0 Å². The summed E-state index contributed by atoms with van der Waals surface area (Å²) in [6.07, 6.45) is -4.75. The fraction of sp³-hybridized carbons (Fsp3) is 0.462. The lowest BCUT2D eigenvalue weighted by Crippen LogP contribution is -2.41. The van der Waals surface area contributed by atoms with E-state index in [9.17, 15) is 18.0 Å². The fourth-order valence-corrected chi connectivity index (χ4v) is 1.93. The topological polar surface area (TPSA) is 50.8 Å². The Morgan fingerprint density at radius 2 is 2.05 bits per heavy atom. The van der Waals surface area contributed by atoms with Crippen molar-refractivity contribution in [2.24, 2.45) is 0 Å². The Morgan fingerprint density at radius 1 is 1.33 bits per heavy atom. The largest absolute Gasteiger partial charge is 0.573 e. The molecular weight excluding hydrogens is 289 g/mol. The van der Waals surface area contributed by atoms with Crippen molar-refractivity contribution in [3.63, 3.8) is 0 Å². The first-order valence-corrected chi connectivity index (χ1v) is 6.38. The number of anilines is 1. The number of hydrogen-bond acceptors (Lipinski definition) is 4. The predicted molar refractivity (Wildman–Crippen MR) is 69.0 cm³/mol. The predicted octanol–water partition coefficient (Wildman–Crippen LogP) is 1.86. The van der Waals surface area contributed by atoms with Crippen LogP contribution in [0.25, 0.3) is 0 Å². The summed E-state index contributed by atoms with van der Waals surface area (Å²) in [5.41, 5.74) is 0.259. The highest BCUT2D eigenvalue weighted by Gasteiger charge is 2.31. The van der Waals surface area contributed by atoms with Crippen molar-refractivity contribution in [3.8, 4) is 5.75 Å². The maximum atomic E-state index is 12.1. The van der Waals surface area contributed by atoms with Crippen molar-refractivity contribution in [1.29, 1.82) is 0 Å². The van der Waals surface area contributed by atoms with Crippen molar-refractivity contribution in [2.75, 3.05) is 38.2 Å². The normalized spacial score (nSPS) is 16.5. The minimum atomic E-state index is -4.75. The monoisotopic (exact) mass is 304 g/mol. The molecule has 2 rings (SSSR count). The molecule has 0 aliphatic carbocycles. The van der Waals surface area contributed by atoms with Crippen LogP contribution < -0.4 is 10.1 Å². The van der Waals surface area contributed by atoms with Crippen molar-refractivity contribution >= 4 is 11.6 Å². The van der Waals surface area contributed by atoms with Crippen LogP contribution in [0.15, 0.2) is 24.3 Å². The van der Waals surface area contributed by atoms with Gasteiger partial charge in [-0.1, -0.05) is 6.07 Å². The Hall–Kier alpha value is -1.80. The second-order valence-corrected chi connectivity index (χ2v) is 4.51. The average Bonchev–Trinajstić information content (AvgIpc) is 2.38. The van der Waals surface area contributed by atoms with Gasteiger partial charge in [-0.2, -0.15) is 0 Å². The lowest BCUT2D eigenvalue weighted by atomic mass is 10.3. The van der Waals surface area contributed by atoms with Gasteiger partial charge in [0, 0.05) is 24.8 Å². The zero-order chi connectivity index (χ0) is 15.3. The van der Waals surface area contributed by atoms with Crippen LogP contribution in [-0.2, 0) is 9.53 Å². The summed E-state index contributed by atoms with van der Waals surface area (Å²) in [5, 5.41) is 2.55. The molecule has 1 fully saturated rings. The standard InChI is InChI=1S/C13H15F3N2O3/c14-13(15,16)21-11-3-1-2-10(8-11)17-12(19)9-18-4-6-20-7-5-18/h1-3,8H,4-7,9H2,(H,17,19). The van der Waals surface area contributed by atoms with Crippen LogP contribution in [0.4, 0.5) is 18.9 Å². The van der Waals surface area contributed by atoms with Crippen LogP contribution >= 0.6 is 0 Å². The first-order valence-electron chi connectivity index (χ1n) is 6.38. The zero-order valence-electron chi connectivity index (χ0n) is 11.2. The molecule has 0 atom stereocenters. The third-order valence-electron chi connectivity index (χ3n) is 2.82. The molecule has 116 valence electrons. The number of hydrogen-bond donors (Lipinski definition) is 1. The number of morpholine rings is 1. The van der Waals surface area contributed by atoms with Gasteiger partial charge in [-0.05, 0) is 12.1 Å². The van der Waals surface area contributed by atoms with E-state index in [0.717, 1.165) is 6.07 Å². The summed E-state index contributed by atoms with van der Waals surface area (Å²) >= 11 is 0. The van der Waals surface area contributed by atoms with Gasteiger partial charge < -0.3 is 14.8 Å². The Bertz CT molecular complexity index is 488. The lowest BCUT2D eigenvalue weighted by molar-refractivity contribution is -0.274. The SMILES string of the molecule is O=C(CN1CCOCC1)Nc1cccc(OC(F)(F)F)c1. The molecule has 1 aliphatic heterocycles. The summed E-state index contributed by atoms with van der Waals surface area (Å²) in [6.45, 7) is 2.63. The Labute approximate surface area is 119 Å². The number of carbonyl (C=O) groups excluding carboxylic acids is 1. The van der Waals surface area contributed by atoms with Crippen LogP contribution in [-0.4, -0.2) is 50.0 Å². The van der Waals surface area contributed by atoms with Gasteiger partial charge in [0.1, 0.15) is 5.75 Å². The minimum absolute atomic E-state index is 0.174. The molecule has 1 aromatic rings. The van der Waals surface area contributed by atoms with E-state index in [-0.39, 0.29) is 23.9 Å². The summed E-state index contributed by atoms with van der Waals surface area (Å²) in [6, 6.07) is 5.18. The highest BCUT2D eigenvalue weighted by Crippen LogP contribution is 2.24. The van der Waals surface area contributed by atoms with Crippen LogP contribution in [0.3, 0.4) is 0 Å². The summed E-state index contributed by atoms with van der Waals surface area (Å²) in [7, 11) is 0. The number of halogens is 3. The van der Waals surface area contributed by atoms with Crippen LogP contribution in [0, 0.1) is 0 Å². The molecule has 0 aromatic heterocycles. The molecule has 1 aliphatic rings. The van der Waals surface area contributed by atoms with Crippen molar-refractivity contribution in [3.05, 3.63) is 24.3 Å². The molecule has 21 heavy (non-hydrogen) atoms. The Kier molecular flexibility index (Phi) is 5.03. The van der Waals surface area contributed by atoms with E-state index >= 15 is 0 Å². The second-order valence-electron chi connectivity index (χ2n) is 4.51. The first kappa shape index (κ1) is 15.6. The molecule has 1 saturated heterocycles. The molecule has 0 bridgehead atoms. The van der Waals surface area contributed by atoms with Crippen molar-refractivity contribution in [2.45, 2.75) is 6.36 Å². The second kappa shape index (κ2) is 6.77. The number of alkyl halides is 3. The smallest absolute Gasteiger partial charge is 0.406 e. The van der Waals surface area contributed by atoms with Crippen LogP contribution in [0.2, 0.25) is 0 Å². The third kappa shape index (κ3) is 5.60. The zero-order valence-corrected chi connectivity index (χ0v) is 11.2. The molecule has 0 saturated carbocycles. The number of rotatable bonds is 4. The molecule has 5 nitrogen and oxygen atoms in total. The molecule has 0 unspecified atom stereocenters. The fourth-order valence-electron chi connectivity index (χ4n) is 1.93. The number of amides is 1. The number of benzene rings is 1. The third-order valence-corrected chi connectivity index (χ3v) is 2.82. The summed E-state index contributed by atoms with van der Waals surface area (Å²) in [4.78, 5) is 13.7. The molecule has 0 radical (unpaired) electrons. The molecule has 1 N–H and O–H groups in total. The quantitative estimate of drug-likeness (QED) is 0.922. The maximum absolute atomic E-state index is 12.1. The number of ether oxygens (including phenoxy) is 2. The van der Waals surface area contributed by atoms with E-state index in [1.165, 1.54) is 18.2 Å². The van der Waals surface area contributed by atoms with Gasteiger partial charge in [0.05, 0.1) is 19.8 Å². The maximum Gasteiger partial charge on any atom is 0.573 e.